The molecular weight excluding hydrogens is 289 g/mol. The Hall–Kier alpha value is -0.00364. The van der Waals surface area contributed by atoms with E-state index in [1.807, 2.05) is 0 Å². The van der Waals surface area contributed by atoms with E-state index in [0.717, 1.165) is 6.07 Å². The number of carbonyl (C=O) groups excluding carboxylic acids is 1. The fourth-order valence-corrected chi connectivity index (χ4v) is 1.12. The molecule has 0 aliphatic heterocycles. The van der Waals surface area contributed by atoms with Gasteiger partial charge >= 0.3 is 51.4 Å². The Bertz CT molecular complexity index is 456. The summed E-state index contributed by atoms with van der Waals surface area (Å²) in [5.74, 6) is -0.684. The van der Waals surface area contributed by atoms with Crippen molar-refractivity contribution in [1.29, 1.82) is 0 Å². The first-order valence-corrected chi connectivity index (χ1v) is 5.98. The molecule has 9 heteroatoms. The van der Waals surface area contributed by atoms with Crippen LogP contribution in [0.4, 0.5) is 0 Å². The van der Waals surface area contributed by atoms with Gasteiger partial charge in [0.15, 0.2) is 0 Å². The van der Waals surface area contributed by atoms with Crippen molar-refractivity contribution in [3.8, 4) is 11.5 Å². The summed E-state index contributed by atoms with van der Waals surface area (Å²) in [5.41, 5.74) is 5.00. The number of carbonyl (C=O) groups is 1. The van der Waals surface area contributed by atoms with E-state index in [2.05, 4.69) is 0 Å². The molecule has 0 heterocycles. The SMILES string of the molecule is NCCS(=O)(=O)[O-].O=Cc1cc(O)cc(O)c1.[K+]. The van der Waals surface area contributed by atoms with Gasteiger partial charge < -0.3 is 20.5 Å². The first-order valence-electron chi connectivity index (χ1n) is 4.40. The van der Waals surface area contributed by atoms with E-state index in [4.69, 9.17) is 15.9 Å². The largest absolute Gasteiger partial charge is 1.00 e. The van der Waals surface area contributed by atoms with Crippen molar-refractivity contribution in [3.05, 3.63) is 23.8 Å². The molecule has 0 amide bonds. The molecule has 0 bridgehead atoms. The zero-order valence-corrected chi connectivity index (χ0v) is 13.7. The number of phenolic OH excluding ortho intramolecular Hbond substituents is 2. The topological polar surface area (TPSA) is 141 Å². The van der Waals surface area contributed by atoms with Crippen LogP contribution in [0.5, 0.6) is 11.5 Å². The summed E-state index contributed by atoms with van der Waals surface area (Å²) in [7, 11) is -4.05. The minimum atomic E-state index is -4.05. The molecule has 7 nitrogen and oxygen atoms in total. The quantitative estimate of drug-likeness (QED) is 0.297. The molecule has 1 aromatic carbocycles. The van der Waals surface area contributed by atoms with Gasteiger partial charge in [-0.05, 0) is 12.1 Å². The second kappa shape index (κ2) is 9.87. The van der Waals surface area contributed by atoms with Crippen LogP contribution in [0.2, 0.25) is 0 Å². The Labute approximate surface area is 147 Å². The predicted octanol–water partition coefficient (Wildman–Crippen LogP) is -3.60. The third-order valence-electron chi connectivity index (χ3n) is 1.43. The summed E-state index contributed by atoms with van der Waals surface area (Å²) in [6.07, 6.45) is 0.555. The van der Waals surface area contributed by atoms with E-state index in [1.54, 1.807) is 0 Å². The van der Waals surface area contributed by atoms with Gasteiger partial charge in [0.05, 0.1) is 15.9 Å². The second-order valence-electron chi connectivity index (χ2n) is 2.95. The summed E-state index contributed by atoms with van der Waals surface area (Å²) >= 11 is 0. The van der Waals surface area contributed by atoms with Crippen molar-refractivity contribution in [2.45, 2.75) is 0 Å². The van der Waals surface area contributed by atoms with Crippen LogP contribution in [-0.2, 0) is 10.1 Å². The molecule has 0 spiro atoms. The standard InChI is InChI=1S/C7H6O3.C2H7NO3S.K/c8-4-5-1-6(9)3-7(10)2-5;3-1-2-7(4,5)6;/h1-4,9-10H;1-3H2,(H,4,5,6);/q;;+1/p-1. The molecule has 0 saturated heterocycles. The Morgan fingerprint density at radius 2 is 1.67 bits per heavy atom. The van der Waals surface area contributed by atoms with Gasteiger partial charge in [-0.3, -0.25) is 4.79 Å². The third-order valence-corrected chi connectivity index (χ3v) is 2.16. The molecule has 4 N–H and O–H groups in total. The Balaban J connectivity index is 0. The number of phenols is 2. The van der Waals surface area contributed by atoms with Crippen LogP contribution >= 0.6 is 0 Å². The average Bonchev–Trinajstić information content (AvgIpc) is 2.15. The molecule has 0 radical (unpaired) electrons. The molecule has 0 fully saturated rings. The molecule has 0 aliphatic rings. The average molecular weight is 301 g/mol. The predicted molar refractivity (Wildman–Crippen MR) is 58.8 cm³/mol. The number of hydrogen-bond acceptors (Lipinski definition) is 7. The van der Waals surface area contributed by atoms with Gasteiger partial charge in [0.1, 0.15) is 17.8 Å². The zero-order chi connectivity index (χ0) is 13.5. The van der Waals surface area contributed by atoms with E-state index in [0.29, 0.717) is 6.29 Å². The maximum atomic E-state index is 10.1. The third kappa shape index (κ3) is 11.1. The Morgan fingerprint density at radius 1 is 1.22 bits per heavy atom. The summed E-state index contributed by atoms with van der Waals surface area (Å²) in [4.78, 5) is 10.1. The van der Waals surface area contributed by atoms with E-state index >= 15 is 0 Å². The molecule has 0 atom stereocenters. The molecular formula is C9H12KNO6S. The van der Waals surface area contributed by atoms with E-state index in [9.17, 15) is 17.8 Å². The first-order chi connectivity index (χ1) is 7.78. The first kappa shape index (κ1) is 20.3. The van der Waals surface area contributed by atoms with Gasteiger partial charge in [-0.1, -0.05) is 0 Å². The van der Waals surface area contributed by atoms with E-state index in [1.165, 1.54) is 12.1 Å². The van der Waals surface area contributed by atoms with Crippen LogP contribution in [0.1, 0.15) is 10.4 Å². The van der Waals surface area contributed by atoms with Crippen LogP contribution in [0.15, 0.2) is 18.2 Å². The molecule has 96 valence electrons. The molecule has 1 rings (SSSR count). The Morgan fingerprint density at radius 3 is 1.89 bits per heavy atom. The van der Waals surface area contributed by atoms with Crippen molar-refractivity contribution < 1.29 is 79.4 Å². The molecule has 0 aromatic heterocycles. The van der Waals surface area contributed by atoms with E-state index < -0.39 is 15.9 Å². The van der Waals surface area contributed by atoms with Crippen LogP contribution in [0, 0.1) is 0 Å². The summed E-state index contributed by atoms with van der Waals surface area (Å²) in [6, 6.07) is 3.70. The Kier molecular flexibility index (Phi) is 11.1. The normalized spacial score (nSPS) is 9.67. The van der Waals surface area contributed by atoms with Crippen LogP contribution in [0.25, 0.3) is 0 Å². The minimum absolute atomic E-state index is 0. The van der Waals surface area contributed by atoms with Crippen molar-refractivity contribution in [1.82, 2.24) is 0 Å². The fraction of sp³-hybridized carbons (Fsp3) is 0.222. The van der Waals surface area contributed by atoms with Crippen molar-refractivity contribution in [2.75, 3.05) is 12.3 Å². The van der Waals surface area contributed by atoms with Crippen LogP contribution in [-0.4, -0.2) is 41.8 Å². The van der Waals surface area contributed by atoms with Crippen molar-refractivity contribution >= 4 is 16.4 Å². The molecule has 0 unspecified atom stereocenters. The van der Waals surface area contributed by atoms with Gasteiger partial charge in [0, 0.05) is 18.2 Å². The van der Waals surface area contributed by atoms with Crippen LogP contribution in [0.3, 0.4) is 0 Å². The van der Waals surface area contributed by atoms with E-state index in [-0.39, 0.29) is 75.0 Å². The molecule has 1 aromatic rings. The fourth-order valence-electron chi connectivity index (χ4n) is 0.830. The second-order valence-corrected chi connectivity index (χ2v) is 4.47. The number of benzene rings is 1. The number of hydrogen-bond donors (Lipinski definition) is 3. The van der Waals surface area contributed by atoms with Crippen molar-refractivity contribution in [2.24, 2.45) is 5.73 Å². The summed E-state index contributed by atoms with van der Waals surface area (Å²) in [6.45, 7) is -0.0914. The maximum absolute atomic E-state index is 10.1. The van der Waals surface area contributed by atoms with Gasteiger partial charge in [0.25, 0.3) is 0 Å². The monoisotopic (exact) mass is 301 g/mol. The van der Waals surface area contributed by atoms with Crippen molar-refractivity contribution in [3.63, 3.8) is 0 Å². The smallest absolute Gasteiger partial charge is 0.748 e. The number of aromatic hydroxyl groups is 2. The minimum Gasteiger partial charge on any atom is -0.748 e. The molecule has 0 saturated carbocycles. The van der Waals surface area contributed by atoms with Gasteiger partial charge in [-0.25, -0.2) is 8.42 Å². The maximum Gasteiger partial charge on any atom is 1.00 e. The number of aldehydes is 1. The zero-order valence-electron chi connectivity index (χ0n) is 9.74. The molecule has 0 aliphatic carbocycles. The van der Waals surface area contributed by atoms with Gasteiger partial charge in [0.2, 0.25) is 0 Å². The summed E-state index contributed by atoms with van der Waals surface area (Å²) < 4.78 is 28.8. The number of rotatable bonds is 3. The summed E-state index contributed by atoms with van der Waals surface area (Å²) in [5, 5.41) is 17.6. The molecule has 18 heavy (non-hydrogen) atoms. The van der Waals surface area contributed by atoms with Gasteiger partial charge in [-0.2, -0.15) is 0 Å². The van der Waals surface area contributed by atoms with Gasteiger partial charge in [-0.15, -0.1) is 0 Å². The number of nitrogens with two attached hydrogens (primary N) is 1. The van der Waals surface area contributed by atoms with Crippen LogP contribution < -0.4 is 57.1 Å².